The van der Waals surface area contributed by atoms with Crippen molar-refractivity contribution in [3.05, 3.63) is 58.0 Å². The van der Waals surface area contributed by atoms with Crippen molar-refractivity contribution in [2.24, 2.45) is 16.6 Å². The van der Waals surface area contributed by atoms with Gasteiger partial charge in [0.15, 0.2) is 0 Å². The van der Waals surface area contributed by atoms with E-state index in [2.05, 4.69) is 46.4 Å². The fraction of sp³-hybridized carbons (Fsp3) is 0.515. The molecule has 0 bridgehead atoms. The molecule has 2 aromatic rings. The molecule has 1 aromatic heterocycles. The number of carbonyl (C=O) groups is 1. The average Bonchev–Trinajstić information content (AvgIpc) is 2.97. The molecule has 2 aliphatic carbocycles. The minimum absolute atomic E-state index is 0.193. The van der Waals surface area contributed by atoms with Crippen LogP contribution in [0.15, 0.2) is 46.3 Å². The van der Waals surface area contributed by atoms with Gasteiger partial charge in [0.2, 0.25) is 0 Å². The van der Waals surface area contributed by atoms with E-state index in [1.807, 2.05) is 51.1 Å². The minimum atomic E-state index is -0.756. The zero-order chi connectivity index (χ0) is 31.8. The summed E-state index contributed by atoms with van der Waals surface area (Å²) in [7, 11) is 0. The number of amidine groups is 1. The highest BCUT2D eigenvalue weighted by molar-refractivity contribution is 6.03. The summed E-state index contributed by atoms with van der Waals surface area (Å²) in [5.74, 6) is 0.863. The summed E-state index contributed by atoms with van der Waals surface area (Å²) < 4.78 is 4.55. The van der Waals surface area contributed by atoms with Gasteiger partial charge in [-0.05, 0) is 89.0 Å². The number of H-pyrrole nitrogens is 1. The average molecular weight is 578 g/mol. The zero-order valence-corrected chi connectivity index (χ0v) is 25.4. The Labute approximate surface area is 250 Å². The third-order valence-electron chi connectivity index (χ3n) is 7.34. The van der Waals surface area contributed by atoms with Gasteiger partial charge in [0.1, 0.15) is 17.0 Å². The van der Waals surface area contributed by atoms with Crippen LogP contribution in [0.2, 0.25) is 0 Å². The molecule has 0 unspecified atom stereocenters. The van der Waals surface area contributed by atoms with Crippen molar-refractivity contribution < 1.29 is 14.6 Å². The van der Waals surface area contributed by atoms with Gasteiger partial charge in [0.25, 0.3) is 12.0 Å². The molecule has 9 heteroatoms. The Morgan fingerprint density at radius 2 is 1.67 bits per heavy atom. The molecule has 42 heavy (non-hydrogen) atoms. The molecule has 4 rings (SSSR count). The molecule has 228 valence electrons. The second-order valence-corrected chi connectivity index (χ2v) is 11.7. The first-order chi connectivity index (χ1) is 20.0. The Balaban J connectivity index is 0.000000696. The largest absolute Gasteiger partial charge is 0.462 e. The third kappa shape index (κ3) is 11.4. The van der Waals surface area contributed by atoms with Crippen LogP contribution in [0.1, 0.15) is 96.6 Å². The highest BCUT2D eigenvalue weighted by Gasteiger charge is 2.33. The Morgan fingerprint density at radius 1 is 1.10 bits per heavy atom. The van der Waals surface area contributed by atoms with E-state index in [4.69, 9.17) is 11.0 Å². The lowest BCUT2D eigenvalue weighted by Crippen LogP contribution is -2.30. The number of nitriles is 1. The molecule has 0 amide bonds. The number of hydrogen-bond donors (Lipinski definition) is 4. The molecule has 2 saturated carbocycles. The van der Waals surface area contributed by atoms with Crippen molar-refractivity contribution in [1.82, 2.24) is 4.98 Å². The fourth-order valence-corrected chi connectivity index (χ4v) is 5.03. The van der Waals surface area contributed by atoms with E-state index in [0.29, 0.717) is 29.7 Å². The lowest BCUT2D eigenvalue weighted by atomic mass is 9.76. The van der Waals surface area contributed by atoms with E-state index >= 15 is 0 Å². The maximum absolute atomic E-state index is 12.6. The van der Waals surface area contributed by atoms with Crippen molar-refractivity contribution in [2.45, 2.75) is 103 Å². The van der Waals surface area contributed by atoms with Gasteiger partial charge >= 0.3 is 0 Å². The molecule has 2 fully saturated rings. The smallest absolute Gasteiger partial charge is 0.293 e. The second kappa shape index (κ2) is 17.7. The van der Waals surface area contributed by atoms with Crippen LogP contribution in [0, 0.1) is 30.6 Å². The van der Waals surface area contributed by atoms with E-state index in [9.17, 15) is 14.7 Å². The second-order valence-electron chi connectivity index (χ2n) is 11.7. The molecule has 5 N–H and O–H groups in total. The third-order valence-corrected chi connectivity index (χ3v) is 7.34. The van der Waals surface area contributed by atoms with Gasteiger partial charge in [0.05, 0.1) is 17.0 Å². The molecule has 0 atom stereocenters. The molecule has 2 aliphatic rings. The van der Waals surface area contributed by atoms with Crippen molar-refractivity contribution in [3.8, 4) is 19.4 Å². The van der Waals surface area contributed by atoms with Crippen LogP contribution >= 0.6 is 0 Å². The van der Waals surface area contributed by atoms with E-state index in [1.54, 1.807) is 6.20 Å². The molecule has 0 aliphatic heterocycles. The minimum Gasteiger partial charge on any atom is -0.462 e. The number of nitrogens with one attached hydrogen (secondary N) is 2. The highest BCUT2D eigenvalue weighted by Crippen LogP contribution is 2.39. The van der Waals surface area contributed by atoms with Crippen LogP contribution < -0.4 is 16.6 Å². The normalized spacial score (nSPS) is 20.6. The standard InChI is InChI=1S/C25H34N4O2.C5H10O2.C2H2.CHN/c1-17-11-14-25(31,15-12-17)18-7-9-20(10-8-18)29-23(26)22-21(13-16-27-24(22)30)28-19-5-3-2-4-6-19;1-5(2,3)7-4-6;2*1-2/h7-10,13,16-17,19,31H,2-6,11-12,14-15H2,1H3,(H2,26,29)(H2,27,28,30);4H,1-3H3;1-2H;1H. The van der Waals surface area contributed by atoms with Crippen molar-refractivity contribution in [3.63, 3.8) is 0 Å². The number of nitrogens with zero attached hydrogens (tertiary/aromatic N) is 2. The predicted molar refractivity (Wildman–Crippen MR) is 169 cm³/mol. The van der Waals surface area contributed by atoms with Crippen molar-refractivity contribution >= 4 is 23.7 Å². The fourth-order valence-electron chi connectivity index (χ4n) is 5.03. The van der Waals surface area contributed by atoms with Crippen LogP contribution in [0.3, 0.4) is 0 Å². The molecular weight excluding hydrogens is 530 g/mol. The van der Waals surface area contributed by atoms with Gasteiger partial charge in [0, 0.05) is 18.8 Å². The first-order valence-electron chi connectivity index (χ1n) is 14.4. The van der Waals surface area contributed by atoms with E-state index in [0.717, 1.165) is 49.8 Å². The number of nitrogens with two attached hydrogens (primary N) is 1. The summed E-state index contributed by atoms with van der Waals surface area (Å²) >= 11 is 0. The summed E-state index contributed by atoms with van der Waals surface area (Å²) in [6, 6.07) is 9.81. The number of anilines is 1. The Hall–Kier alpha value is -4.08. The van der Waals surface area contributed by atoms with E-state index < -0.39 is 5.60 Å². The summed E-state index contributed by atoms with van der Waals surface area (Å²) in [5, 5.41) is 21.0. The predicted octanol–water partition coefficient (Wildman–Crippen LogP) is 5.90. The van der Waals surface area contributed by atoms with Gasteiger partial charge < -0.3 is 25.9 Å². The summed E-state index contributed by atoms with van der Waals surface area (Å²) in [4.78, 5) is 29.4. The quantitative estimate of drug-likeness (QED) is 0.144. The maximum Gasteiger partial charge on any atom is 0.293 e. The monoisotopic (exact) mass is 577 g/mol. The van der Waals surface area contributed by atoms with Crippen molar-refractivity contribution in [2.75, 3.05) is 5.32 Å². The lowest BCUT2D eigenvalue weighted by molar-refractivity contribution is -0.138. The van der Waals surface area contributed by atoms with Gasteiger partial charge in [-0.25, -0.2) is 10.3 Å². The number of hydrogen-bond acceptors (Lipinski definition) is 7. The number of ether oxygens (including phenoxy) is 1. The number of carbonyl (C=O) groups excluding carboxylic acids is 1. The molecule has 9 nitrogen and oxygen atoms in total. The van der Waals surface area contributed by atoms with Gasteiger partial charge in [-0.3, -0.25) is 9.59 Å². The van der Waals surface area contributed by atoms with Crippen LogP contribution in [0.4, 0.5) is 11.4 Å². The Morgan fingerprint density at radius 3 is 2.17 bits per heavy atom. The number of aliphatic hydroxyl groups is 1. The number of aliphatic imine (C=N–C) groups is 1. The van der Waals surface area contributed by atoms with Crippen LogP contribution in [0.5, 0.6) is 0 Å². The van der Waals surface area contributed by atoms with E-state index in [-0.39, 0.29) is 17.0 Å². The zero-order valence-electron chi connectivity index (χ0n) is 25.4. The topological polar surface area (TPSA) is 154 Å². The Kier molecular flexibility index (Phi) is 15.1. The number of aromatic amines is 1. The summed E-state index contributed by atoms with van der Waals surface area (Å²) in [5.41, 5.74) is 7.69. The maximum atomic E-state index is 12.6. The van der Waals surface area contributed by atoms with Crippen LogP contribution in [0.25, 0.3) is 0 Å². The van der Waals surface area contributed by atoms with Crippen LogP contribution in [-0.2, 0) is 15.1 Å². The number of aromatic nitrogens is 1. The summed E-state index contributed by atoms with van der Waals surface area (Å²) in [6.07, 6.45) is 19.2. The molecule has 0 spiro atoms. The molecule has 1 aromatic carbocycles. The number of benzene rings is 1. The van der Waals surface area contributed by atoms with Gasteiger partial charge in [-0.2, -0.15) is 0 Å². The molecular formula is C33H47N5O4. The van der Waals surface area contributed by atoms with E-state index in [1.165, 1.54) is 19.3 Å². The van der Waals surface area contributed by atoms with Crippen LogP contribution in [-0.4, -0.2) is 34.0 Å². The van der Waals surface area contributed by atoms with Gasteiger partial charge in [-0.15, -0.1) is 12.8 Å². The SMILES string of the molecule is C#C.C#N.CC(C)(C)OC=O.CC1CCC(O)(c2ccc(N=C(N)c3c(NC4CCCCC4)cc[nH]c3=O)cc2)CC1. The van der Waals surface area contributed by atoms with Gasteiger partial charge in [-0.1, -0.05) is 38.3 Å². The molecule has 0 radical (unpaired) electrons. The molecule has 0 saturated heterocycles. The summed E-state index contributed by atoms with van der Waals surface area (Å²) in [6.45, 7) is 11.7. The first-order valence-corrected chi connectivity index (χ1v) is 14.4. The number of rotatable bonds is 6. The highest BCUT2D eigenvalue weighted by atomic mass is 16.5. The number of terminal acetylenes is 1. The lowest BCUT2D eigenvalue weighted by Gasteiger charge is -2.35. The number of pyridine rings is 1. The molecule has 1 heterocycles. The first kappa shape index (κ1) is 35.9. The Bertz CT molecular complexity index is 1200. The van der Waals surface area contributed by atoms with Crippen molar-refractivity contribution in [1.29, 1.82) is 5.26 Å².